The third-order valence-electron chi connectivity index (χ3n) is 0.981. The predicted molar refractivity (Wildman–Crippen MR) is 37.2 cm³/mol. The summed E-state index contributed by atoms with van der Waals surface area (Å²) in [5.74, 6) is 0. The minimum atomic E-state index is -0.0833. The molecule has 0 bridgehead atoms. The van der Waals surface area contributed by atoms with Crippen molar-refractivity contribution in [2.45, 2.75) is 13.8 Å². The van der Waals surface area contributed by atoms with Crippen LogP contribution in [0.5, 0.6) is 0 Å². The van der Waals surface area contributed by atoms with Crippen molar-refractivity contribution in [2.75, 3.05) is 13.2 Å². The Kier molecular flexibility index (Phi) is 5.71. The Bertz CT molecular complexity index is 50.4. The molecule has 0 spiro atoms. The molecular formula is C5H14ClNO. The van der Waals surface area contributed by atoms with Crippen molar-refractivity contribution >= 4 is 12.4 Å². The molecule has 0 amide bonds. The standard InChI is InChI=1S/C5H13NO.ClH/c1-5(2,3-6)4-7;/h7H,3-4,6H2,1-2H3;1H. The van der Waals surface area contributed by atoms with Gasteiger partial charge in [0.2, 0.25) is 0 Å². The number of aliphatic hydroxyl groups is 1. The average molecular weight is 140 g/mol. The highest BCUT2D eigenvalue weighted by Crippen LogP contribution is 2.08. The first-order valence-electron chi connectivity index (χ1n) is 2.43. The molecule has 0 aliphatic carbocycles. The Balaban J connectivity index is 0. The molecule has 52 valence electrons. The van der Waals surface area contributed by atoms with Crippen LogP contribution in [0.1, 0.15) is 13.8 Å². The van der Waals surface area contributed by atoms with Crippen LogP contribution in [0.4, 0.5) is 0 Å². The quantitative estimate of drug-likeness (QED) is 0.582. The van der Waals surface area contributed by atoms with Gasteiger partial charge in [-0.2, -0.15) is 0 Å². The van der Waals surface area contributed by atoms with Gasteiger partial charge in [0.25, 0.3) is 0 Å². The van der Waals surface area contributed by atoms with Gasteiger partial charge in [-0.15, -0.1) is 12.4 Å². The summed E-state index contributed by atoms with van der Waals surface area (Å²) >= 11 is 0. The molecular weight excluding hydrogens is 126 g/mol. The normalized spacial score (nSPS) is 10.5. The molecule has 0 unspecified atom stereocenters. The molecule has 0 aliphatic rings. The lowest BCUT2D eigenvalue weighted by Gasteiger charge is -2.17. The van der Waals surface area contributed by atoms with E-state index in [-0.39, 0.29) is 24.4 Å². The molecule has 2 nitrogen and oxygen atoms in total. The summed E-state index contributed by atoms with van der Waals surface area (Å²) in [4.78, 5) is 0. The number of aliphatic hydroxyl groups excluding tert-OH is 1. The molecule has 0 aliphatic heterocycles. The van der Waals surface area contributed by atoms with Crippen LogP contribution in [-0.2, 0) is 0 Å². The number of hydrogen-bond donors (Lipinski definition) is 2. The zero-order valence-corrected chi connectivity index (χ0v) is 6.16. The van der Waals surface area contributed by atoms with Gasteiger partial charge in [0, 0.05) is 12.0 Å². The maximum absolute atomic E-state index is 8.51. The van der Waals surface area contributed by atoms with Crippen molar-refractivity contribution in [3.63, 3.8) is 0 Å². The molecule has 0 atom stereocenters. The zero-order chi connectivity index (χ0) is 5.91. The molecule has 8 heavy (non-hydrogen) atoms. The number of halogens is 1. The molecule has 0 aromatic heterocycles. The van der Waals surface area contributed by atoms with E-state index >= 15 is 0 Å². The summed E-state index contributed by atoms with van der Waals surface area (Å²) in [5.41, 5.74) is 5.17. The fraction of sp³-hybridized carbons (Fsp3) is 1.00. The molecule has 0 saturated carbocycles. The van der Waals surface area contributed by atoms with Crippen molar-refractivity contribution in [1.29, 1.82) is 0 Å². The van der Waals surface area contributed by atoms with E-state index in [1.54, 1.807) is 0 Å². The lowest BCUT2D eigenvalue weighted by atomic mass is 9.96. The Morgan fingerprint density at radius 2 is 1.88 bits per heavy atom. The molecule has 0 fully saturated rings. The van der Waals surface area contributed by atoms with Crippen molar-refractivity contribution in [1.82, 2.24) is 0 Å². The fourth-order valence-electron chi connectivity index (χ4n) is 0.0645. The fourth-order valence-corrected chi connectivity index (χ4v) is 0.0645. The van der Waals surface area contributed by atoms with E-state index in [0.717, 1.165) is 0 Å². The molecule has 0 heterocycles. The van der Waals surface area contributed by atoms with Gasteiger partial charge in [-0.3, -0.25) is 0 Å². The van der Waals surface area contributed by atoms with Gasteiger partial charge >= 0.3 is 0 Å². The van der Waals surface area contributed by atoms with Crippen LogP contribution in [-0.4, -0.2) is 18.3 Å². The van der Waals surface area contributed by atoms with Crippen LogP contribution in [0.15, 0.2) is 0 Å². The van der Waals surface area contributed by atoms with Crippen molar-refractivity contribution in [3.05, 3.63) is 0 Å². The van der Waals surface area contributed by atoms with E-state index in [1.165, 1.54) is 0 Å². The van der Waals surface area contributed by atoms with Crippen LogP contribution in [0.3, 0.4) is 0 Å². The highest BCUT2D eigenvalue weighted by Gasteiger charge is 2.11. The molecule has 0 aromatic carbocycles. The average Bonchev–Trinajstić information content (AvgIpc) is 1.68. The van der Waals surface area contributed by atoms with Gasteiger partial charge in [-0.1, -0.05) is 13.8 Å². The first-order chi connectivity index (χ1) is 3.12. The topological polar surface area (TPSA) is 46.2 Å². The highest BCUT2D eigenvalue weighted by molar-refractivity contribution is 5.85. The Hall–Kier alpha value is 0.210. The second kappa shape index (κ2) is 4.13. The van der Waals surface area contributed by atoms with Gasteiger partial charge in [0.15, 0.2) is 0 Å². The Labute approximate surface area is 56.5 Å². The SMILES string of the molecule is CC(C)(CN)CO.Cl. The monoisotopic (exact) mass is 139 g/mol. The second-order valence-corrected chi connectivity index (χ2v) is 2.53. The van der Waals surface area contributed by atoms with Crippen molar-refractivity contribution < 1.29 is 5.11 Å². The third kappa shape index (κ3) is 4.37. The van der Waals surface area contributed by atoms with Crippen LogP contribution >= 0.6 is 12.4 Å². The lowest BCUT2D eigenvalue weighted by molar-refractivity contribution is 0.167. The first kappa shape index (κ1) is 11.1. The molecule has 3 N–H and O–H groups in total. The summed E-state index contributed by atoms with van der Waals surface area (Å²) in [6.07, 6.45) is 0. The number of rotatable bonds is 2. The molecule has 0 radical (unpaired) electrons. The molecule has 0 rings (SSSR count). The number of nitrogens with two attached hydrogens (primary N) is 1. The van der Waals surface area contributed by atoms with Gasteiger partial charge < -0.3 is 10.8 Å². The highest BCUT2D eigenvalue weighted by atomic mass is 35.5. The summed E-state index contributed by atoms with van der Waals surface area (Å²) in [6, 6.07) is 0. The predicted octanol–water partition coefficient (Wildman–Crippen LogP) is 0.385. The lowest BCUT2D eigenvalue weighted by Crippen LogP contribution is -2.26. The molecule has 0 saturated heterocycles. The Morgan fingerprint density at radius 3 is 1.88 bits per heavy atom. The largest absolute Gasteiger partial charge is 0.396 e. The third-order valence-corrected chi connectivity index (χ3v) is 0.981. The summed E-state index contributed by atoms with van der Waals surface area (Å²) in [5, 5.41) is 8.51. The summed E-state index contributed by atoms with van der Waals surface area (Å²) in [7, 11) is 0. The van der Waals surface area contributed by atoms with Gasteiger partial charge in [-0.05, 0) is 6.54 Å². The van der Waals surface area contributed by atoms with Crippen LogP contribution < -0.4 is 5.73 Å². The maximum atomic E-state index is 8.51. The van der Waals surface area contributed by atoms with Crippen LogP contribution in [0, 0.1) is 5.41 Å². The van der Waals surface area contributed by atoms with Gasteiger partial charge in [-0.25, -0.2) is 0 Å². The van der Waals surface area contributed by atoms with Crippen LogP contribution in [0.25, 0.3) is 0 Å². The minimum absolute atomic E-state index is 0. The van der Waals surface area contributed by atoms with E-state index in [9.17, 15) is 0 Å². The van der Waals surface area contributed by atoms with E-state index in [2.05, 4.69) is 0 Å². The second-order valence-electron chi connectivity index (χ2n) is 2.53. The first-order valence-corrected chi connectivity index (χ1v) is 2.43. The minimum Gasteiger partial charge on any atom is -0.396 e. The maximum Gasteiger partial charge on any atom is 0.0494 e. The van der Waals surface area contributed by atoms with E-state index in [0.29, 0.717) is 6.54 Å². The smallest absolute Gasteiger partial charge is 0.0494 e. The van der Waals surface area contributed by atoms with Crippen molar-refractivity contribution in [3.8, 4) is 0 Å². The van der Waals surface area contributed by atoms with Crippen molar-refractivity contribution in [2.24, 2.45) is 11.1 Å². The molecule has 0 aromatic rings. The van der Waals surface area contributed by atoms with Crippen LogP contribution in [0.2, 0.25) is 0 Å². The van der Waals surface area contributed by atoms with E-state index < -0.39 is 0 Å². The van der Waals surface area contributed by atoms with Gasteiger partial charge in [0.05, 0.1) is 0 Å². The van der Waals surface area contributed by atoms with E-state index in [1.807, 2.05) is 13.8 Å². The number of hydrogen-bond acceptors (Lipinski definition) is 2. The zero-order valence-electron chi connectivity index (χ0n) is 5.35. The molecule has 3 heteroatoms. The summed E-state index contributed by atoms with van der Waals surface area (Å²) in [6.45, 7) is 4.56. The summed E-state index contributed by atoms with van der Waals surface area (Å²) < 4.78 is 0. The van der Waals surface area contributed by atoms with E-state index in [4.69, 9.17) is 10.8 Å². The Morgan fingerprint density at radius 1 is 1.50 bits per heavy atom. The van der Waals surface area contributed by atoms with Gasteiger partial charge in [0.1, 0.15) is 0 Å².